The van der Waals surface area contributed by atoms with Crippen LogP contribution in [0.2, 0.25) is 0 Å². The van der Waals surface area contributed by atoms with Crippen LogP contribution in [0.4, 0.5) is 23.0 Å². The van der Waals surface area contributed by atoms with E-state index in [1.165, 1.54) is 11.3 Å². The monoisotopic (exact) mass is 399 g/mol. The molecule has 154 valence electrons. The fourth-order valence-electron chi connectivity index (χ4n) is 5.68. The maximum absolute atomic E-state index is 4.74. The van der Waals surface area contributed by atoms with Gasteiger partial charge < -0.3 is 4.90 Å². The first kappa shape index (κ1) is 19.0. The van der Waals surface area contributed by atoms with E-state index in [4.69, 9.17) is 9.97 Å². The van der Waals surface area contributed by atoms with Crippen LogP contribution in [-0.4, -0.2) is 21.1 Å². The standard InChI is InChI=1S/C25H29N5/c1-5-18-17(3)25(4,6-2)24-29(20-12-8-7-11-19(18)20)21-15-26-16-28-23(21)30(24)22-13-9-10-14-27-22/h7-18,24H,5-6H2,1-4H3. The molecule has 1 aromatic carbocycles. The van der Waals surface area contributed by atoms with Crippen LogP contribution in [0.15, 0.2) is 61.2 Å². The first-order chi connectivity index (χ1) is 14.6. The van der Waals surface area contributed by atoms with E-state index in [9.17, 15) is 0 Å². The van der Waals surface area contributed by atoms with Crippen molar-refractivity contribution in [3.05, 3.63) is 66.7 Å². The lowest BCUT2D eigenvalue weighted by Crippen LogP contribution is -2.52. The SMILES string of the molecule is CCC1c2ccccc2N2c3cncnc3N(c3ccccn3)C2C(C)(CC)C1C. The molecule has 30 heavy (non-hydrogen) atoms. The largest absolute Gasteiger partial charge is 0.315 e. The number of anilines is 4. The Kier molecular flexibility index (Phi) is 4.49. The maximum Gasteiger partial charge on any atom is 0.163 e. The summed E-state index contributed by atoms with van der Waals surface area (Å²) in [5, 5.41) is 0. The van der Waals surface area contributed by atoms with Crippen molar-refractivity contribution in [2.45, 2.75) is 52.6 Å². The predicted molar refractivity (Wildman–Crippen MR) is 121 cm³/mol. The quantitative estimate of drug-likeness (QED) is 0.537. The summed E-state index contributed by atoms with van der Waals surface area (Å²) in [6.07, 6.45) is 7.74. The third-order valence-corrected chi connectivity index (χ3v) is 7.58. The van der Waals surface area contributed by atoms with Crippen molar-refractivity contribution >= 4 is 23.0 Å². The highest BCUT2D eigenvalue weighted by atomic mass is 15.5. The van der Waals surface area contributed by atoms with Gasteiger partial charge in [-0.3, -0.25) is 4.90 Å². The van der Waals surface area contributed by atoms with Gasteiger partial charge in [-0.15, -0.1) is 0 Å². The van der Waals surface area contributed by atoms with Gasteiger partial charge in [-0.25, -0.2) is 15.0 Å². The van der Waals surface area contributed by atoms with Gasteiger partial charge in [0.05, 0.1) is 6.20 Å². The molecule has 0 saturated carbocycles. The van der Waals surface area contributed by atoms with E-state index in [1.54, 1.807) is 6.33 Å². The Morgan fingerprint density at radius 1 is 0.967 bits per heavy atom. The number of benzene rings is 1. The number of fused-ring (bicyclic) bond motifs is 5. The van der Waals surface area contributed by atoms with Gasteiger partial charge in [0.25, 0.3) is 0 Å². The first-order valence-electron chi connectivity index (χ1n) is 11.0. The Labute approximate surface area is 178 Å². The van der Waals surface area contributed by atoms with Crippen LogP contribution < -0.4 is 9.80 Å². The molecule has 4 heterocycles. The average molecular weight is 400 g/mol. The zero-order chi connectivity index (χ0) is 20.9. The summed E-state index contributed by atoms with van der Waals surface area (Å²) in [7, 11) is 0. The summed E-state index contributed by atoms with van der Waals surface area (Å²) in [4.78, 5) is 18.7. The molecule has 4 unspecified atom stereocenters. The molecule has 5 rings (SSSR count). The molecule has 0 fully saturated rings. The molecule has 5 nitrogen and oxygen atoms in total. The summed E-state index contributed by atoms with van der Waals surface area (Å²) < 4.78 is 0. The molecule has 0 saturated heterocycles. The number of nitrogens with zero attached hydrogens (tertiary/aromatic N) is 5. The minimum atomic E-state index is 0.0118. The van der Waals surface area contributed by atoms with Gasteiger partial charge in [-0.2, -0.15) is 0 Å². The molecule has 2 aromatic heterocycles. The summed E-state index contributed by atoms with van der Waals surface area (Å²) in [5.41, 5.74) is 3.77. The van der Waals surface area contributed by atoms with Gasteiger partial charge in [0.1, 0.15) is 24.0 Å². The molecule has 0 amide bonds. The number of para-hydroxylation sites is 1. The van der Waals surface area contributed by atoms with Gasteiger partial charge >= 0.3 is 0 Å². The van der Waals surface area contributed by atoms with Crippen LogP contribution in [0.5, 0.6) is 0 Å². The third-order valence-electron chi connectivity index (χ3n) is 7.58. The average Bonchev–Trinajstić information content (AvgIpc) is 3.12. The Hall–Kier alpha value is -2.95. The number of hydrogen-bond acceptors (Lipinski definition) is 5. The number of aromatic nitrogens is 3. The minimum absolute atomic E-state index is 0.0118. The summed E-state index contributed by atoms with van der Waals surface area (Å²) in [6.45, 7) is 9.52. The summed E-state index contributed by atoms with van der Waals surface area (Å²) in [5.74, 6) is 2.85. The molecule has 0 aliphatic carbocycles. The van der Waals surface area contributed by atoms with Crippen molar-refractivity contribution in [1.29, 1.82) is 0 Å². The van der Waals surface area contributed by atoms with E-state index in [0.717, 1.165) is 30.2 Å². The Morgan fingerprint density at radius 2 is 1.77 bits per heavy atom. The van der Waals surface area contributed by atoms with Gasteiger partial charge in [0.15, 0.2) is 5.82 Å². The summed E-state index contributed by atoms with van der Waals surface area (Å²) in [6, 6.07) is 15.0. The van der Waals surface area contributed by atoms with Crippen LogP contribution >= 0.6 is 0 Å². The van der Waals surface area contributed by atoms with Crippen LogP contribution in [0.3, 0.4) is 0 Å². The second kappa shape index (κ2) is 7.08. The number of hydrogen-bond donors (Lipinski definition) is 0. The summed E-state index contributed by atoms with van der Waals surface area (Å²) >= 11 is 0. The normalized spacial score (nSPS) is 27.3. The highest BCUT2D eigenvalue weighted by molar-refractivity contribution is 5.86. The smallest absolute Gasteiger partial charge is 0.163 e. The van der Waals surface area contributed by atoms with Gasteiger partial charge in [0.2, 0.25) is 0 Å². The molecule has 0 N–H and O–H groups in total. The second-order valence-electron chi connectivity index (χ2n) is 8.75. The van der Waals surface area contributed by atoms with Crippen LogP contribution in [0.1, 0.15) is 52.0 Å². The molecule has 0 radical (unpaired) electrons. The Bertz CT molecular complexity index is 1050. The van der Waals surface area contributed by atoms with Crippen molar-refractivity contribution in [2.24, 2.45) is 11.3 Å². The Morgan fingerprint density at radius 3 is 2.50 bits per heavy atom. The lowest BCUT2D eigenvalue weighted by atomic mass is 9.66. The highest BCUT2D eigenvalue weighted by Crippen LogP contribution is 2.59. The molecule has 3 aromatic rings. The molecular formula is C25H29N5. The van der Waals surface area contributed by atoms with Gasteiger partial charge in [0, 0.05) is 17.3 Å². The fourth-order valence-corrected chi connectivity index (χ4v) is 5.68. The maximum atomic E-state index is 4.74. The molecule has 2 aliphatic rings. The van der Waals surface area contributed by atoms with Gasteiger partial charge in [-0.1, -0.05) is 52.0 Å². The van der Waals surface area contributed by atoms with E-state index in [2.05, 4.69) is 78.9 Å². The fraction of sp³-hybridized carbons (Fsp3) is 0.400. The zero-order valence-corrected chi connectivity index (χ0v) is 18.2. The van der Waals surface area contributed by atoms with E-state index >= 15 is 0 Å². The van der Waals surface area contributed by atoms with Crippen molar-refractivity contribution in [3.63, 3.8) is 0 Å². The van der Waals surface area contributed by atoms with Crippen molar-refractivity contribution < 1.29 is 0 Å². The van der Waals surface area contributed by atoms with E-state index in [1.807, 2.05) is 18.5 Å². The molecule has 0 bridgehead atoms. The zero-order valence-electron chi connectivity index (χ0n) is 18.2. The molecule has 0 spiro atoms. The van der Waals surface area contributed by atoms with Crippen molar-refractivity contribution in [1.82, 2.24) is 15.0 Å². The second-order valence-corrected chi connectivity index (χ2v) is 8.75. The van der Waals surface area contributed by atoms with E-state index < -0.39 is 0 Å². The number of pyridine rings is 1. The lowest BCUT2D eigenvalue weighted by Gasteiger charge is -2.47. The number of rotatable bonds is 3. The highest BCUT2D eigenvalue weighted by Gasteiger charge is 2.55. The van der Waals surface area contributed by atoms with Gasteiger partial charge in [-0.05, 0) is 48.4 Å². The molecule has 4 atom stereocenters. The van der Waals surface area contributed by atoms with E-state index in [0.29, 0.717) is 11.8 Å². The first-order valence-corrected chi connectivity index (χ1v) is 11.0. The predicted octanol–water partition coefficient (Wildman–Crippen LogP) is 6.05. The lowest BCUT2D eigenvalue weighted by molar-refractivity contribution is 0.131. The van der Waals surface area contributed by atoms with Crippen LogP contribution in [0.25, 0.3) is 0 Å². The third kappa shape index (κ3) is 2.51. The van der Waals surface area contributed by atoms with Crippen LogP contribution in [0, 0.1) is 11.3 Å². The van der Waals surface area contributed by atoms with Crippen LogP contribution in [-0.2, 0) is 0 Å². The minimum Gasteiger partial charge on any atom is -0.315 e. The van der Waals surface area contributed by atoms with Crippen molar-refractivity contribution in [2.75, 3.05) is 9.80 Å². The molecule has 5 heteroatoms. The molecule has 2 aliphatic heterocycles. The Balaban J connectivity index is 1.84. The van der Waals surface area contributed by atoms with Crippen molar-refractivity contribution in [3.8, 4) is 0 Å². The van der Waals surface area contributed by atoms with E-state index in [-0.39, 0.29) is 11.6 Å². The molecular weight excluding hydrogens is 370 g/mol. The topological polar surface area (TPSA) is 45.2 Å².